The summed E-state index contributed by atoms with van der Waals surface area (Å²) >= 11 is 0. The first-order chi connectivity index (χ1) is 13.7. The molecule has 1 aliphatic rings. The number of hydrogen-bond acceptors (Lipinski definition) is 5. The van der Waals surface area contributed by atoms with E-state index < -0.39 is 28.0 Å². The van der Waals surface area contributed by atoms with E-state index in [0.717, 1.165) is 28.6 Å². The summed E-state index contributed by atoms with van der Waals surface area (Å²) in [4.78, 5) is 22.0. The molecular formula is C18H18FN3O6S. The van der Waals surface area contributed by atoms with Gasteiger partial charge in [0.1, 0.15) is 17.7 Å². The summed E-state index contributed by atoms with van der Waals surface area (Å²) in [5, 5.41) is 13.7. The molecule has 2 aromatic carbocycles. The maximum Gasteiger partial charge on any atom is 0.409 e. The molecule has 1 heterocycles. The van der Waals surface area contributed by atoms with Crippen molar-refractivity contribution in [2.75, 3.05) is 22.7 Å². The predicted octanol–water partition coefficient (Wildman–Crippen LogP) is 2.01. The number of carbonyl (C=O) groups excluding carboxylic acids is 1. The first kappa shape index (κ1) is 20.4. The van der Waals surface area contributed by atoms with Gasteiger partial charge < -0.3 is 15.2 Å². The predicted molar refractivity (Wildman–Crippen MR) is 102 cm³/mol. The van der Waals surface area contributed by atoms with Crippen LogP contribution in [-0.4, -0.2) is 44.7 Å². The number of fused-ring (bicyclic) bond motifs is 1. The zero-order valence-electron chi connectivity index (χ0n) is 15.3. The lowest BCUT2D eigenvalue weighted by Gasteiger charge is -2.35. The van der Waals surface area contributed by atoms with Crippen LogP contribution >= 0.6 is 0 Å². The van der Waals surface area contributed by atoms with Crippen LogP contribution < -0.4 is 19.7 Å². The van der Waals surface area contributed by atoms with Crippen molar-refractivity contribution in [2.24, 2.45) is 0 Å². The van der Waals surface area contributed by atoms with Crippen LogP contribution in [0.3, 0.4) is 0 Å². The average molecular weight is 423 g/mol. The van der Waals surface area contributed by atoms with Crippen molar-refractivity contribution in [1.82, 2.24) is 5.32 Å². The Morgan fingerprint density at radius 3 is 2.55 bits per heavy atom. The number of hydrogen-bond donors (Lipinski definition) is 3. The molecular weight excluding hydrogens is 405 g/mol. The number of sulfonamides is 1. The Morgan fingerprint density at radius 2 is 1.93 bits per heavy atom. The van der Waals surface area contributed by atoms with Crippen molar-refractivity contribution >= 4 is 33.4 Å². The standard InChI is InChI=1S/C18H18FN3O6S/c1-11(23)20-9-14-10-22(29(26,27)15-5-2-12(19)3-6-15)16-8-13(21-18(24)25)4-7-17(16)28-14/h2-8,14,21H,9-10H2,1H3,(H,20,23)(H,24,25)/t14-/m0/s1. The van der Waals surface area contributed by atoms with Crippen molar-refractivity contribution in [3.8, 4) is 5.75 Å². The van der Waals surface area contributed by atoms with Crippen LogP contribution in [0.25, 0.3) is 0 Å². The highest BCUT2D eigenvalue weighted by Crippen LogP contribution is 2.38. The normalized spacial score (nSPS) is 15.8. The zero-order chi connectivity index (χ0) is 21.2. The molecule has 1 atom stereocenters. The third-order valence-corrected chi connectivity index (χ3v) is 5.92. The van der Waals surface area contributed by atoms with E-state index in [1.165, 1.54) is 25.1 Å². The van der Waals surface area contributed by atoms with Gasteiger partial charge in [0.2, 0.25) is 5.91 Å². The maximum absolute atomic E-state index is 13.2. The number of carboxylic acid groups (broad SMARTS) is 1. The largest absolute Gasteiger partial charge is 0.484 e. The van der Waals surface area contributed by atoms with Gasteiger partial charge >= 0.3 is 6.09 Å². The lowest BCUT2D eigenvalue weighted by Crippen LogP contribution is -2.48. The van der Waals surface area contributed by atoms with E-state index in [2.05, 4.69) is 10.6 Å². The van der Waals surface area contributed by atoms with E-state index in [9.17, 15) is 22.4 Å². The Balaban J connectivity index is 2.03. The van der Waals surface area contributed by atoms with Gasteiger partial charge in [-0.2, -0.15) is 0 Å². The highest BCUT2D eigenvalue weighted by molar-refractivity contribution is 7.92. The minimum atomic E-state index is -4.11. The molecule has 11 heteroatoms. The second kappa shape index (κ2) is 7.95. The van der Waals surface area contributed by atoms with E-state index >= 15 is 0 Å². The monoisotopic (exact) mass is 423 g/mol. The Labute approximate surface area is 166 Å². The molecule has 1 aliphatic heterocycles. The molecule has 0 saturated carbocycles. The first-order valence-electron chi connectivity index (χ1n) is 8.50. The van der Waals surface area contributed by atoms with Gasteiger partial charge in [-0.1, -0.05) is 0 Å². The van der Waals surface area contributed by atoms with E-state index in [1.54, 1.807) is 0 Å². The third kappa shape index (κ3) is 4.57. The Morgan fingerprint density at radius 1 is 1.24 bits per heavy atom. The van der Waals surface area contributed by atoms with Crippen molar-refractivity contribution < 1.29 is 32.2 Å². The fourth-order valence-electron chi connectivity index (χ4n) is 2.84. The summed E-state index contributed by atoms with van der Waals surface area (Å²) in [7, 11) is -4.11. The third-order valence-electron chi connectivity index (χ3n) is 4.12. The minimum absolute atomic E-state index is 0.0688. The molecule has 9 nitrogen and oxygen atoms in total. The van der Waals surface area contributed by atoms with Crippen LogP contribution in [0.15, 0.2) is 47.4 Å². The molecule has 2 amide bonds. The van der Waals surface area contributed by atoms with Crippen molar-refractivity contribution in [2.45, 2.75) is 17.9 Å². The molecule has 0 saturated heterocycles. The SMILES string of the molecule is CC(=O)NC[C@H]1CN(S(=O)(=O)c2ccc(F)cc2)c2cc(NC(=O)O)ccc2O1. The minimum Gasteiger partial charge on any atom is -0.484 e. The lowest BCUT2D eigenvalue weighted by molar-refractivity contribution is -0.119. The Hall–Kier alpha value is -3.34. The topological polar surface area (TPSA) is 125 Å². The smallest absolute Gasteiger partial charge is 0.409 e. The Bertz CT molecular complexity index is 1040. The number of carbonyl (C=O) groups is 2. The van der Waals surface area contributed by atoms with Crippen LogP contribution in [0, 0.1) is 5.82 Å². The highest BCUT2D eigenvalue weighted by Gasteiger charge is 2.35. The quantitative estimate of drug-likeness (QED) is 0.676. The summed E-state index contributed by atoms with van der Waals surface area (Å²) in [5.41, 5.74) is 0.277. The number of nitrogens with zero attached hydrogens (tertiary/aromatic N) is 1. The van der Waals surface area contributed by atoms with Crippen LogP contribution in [0.5, 0.6) is 5.75 Å². The molecule has 29 heavy (non-hydrogen) atoms. The summed E-state index contributed by atoms with van der Waals surface area (Å²) in [6.07, 6.45) is -1.99. The van der Waals surface area contributed by atoms with Crippen molar-refractivity contribution in [3.05, 3.63) is 48.3 Å². The summed E-state index contributed by atoms with van der Waals surface area (Å²) in [5.74, 6) is -0.677. The number of rotatable bonds is 5. The number of ether oxygens (including phenoxy) is 1. The average Bonchev–Trinajstić information content (AvgIpc) is 2.65. The molecule has 0 bridgehead atoms. The number of amides is 2. The number of halogens is 1. The van der Waals surface area contributed by atoms with Crippen LogP contribution in [0.1, 0.15) is 6.92 Å². The van der Waals surface area contributed by atoms with Gasteiger partial charge in [0.15, 0.2) is 0 Å². The van der Waals surface area contributed by atoms with Gasteiger partial charge in [-0.15, -0.1) is 0 Å². The lowest BCUT2D eigenvalue weighted by atomic mass is 10.2. The summed E-state index contributed by atoms with van der Waals surface area (Å²) in [6.45, 7) is 1.26. The molecule has 0 fully saturated rings. The number of anilines is 2. The van der Waals surface area contributed by atoms with Gasteiger partial charge in [0.25, 0.3) is 10.0 Å². The zero-order valence-corrected chi connectivity index (χ0v) is 16.1. The van der Waals surface area contributed by atoms with Gasteiger partial charge in [-0.25, -0.2) is 17.6 Å². The van der Waals surface area contributed by atoms with E-state index in [1.807, 2.05) is 0 Å². The van der Waals surface area contributed by atoms with Gasteiger partial charge in [-0.05, 0) is 42.5 Å². The summed E-state index contributed by atoms with van der Waals surface area (Å²) in [6, 6.07) is 8.55. The van der Waals surface area contributed by atoms with Gasteiger partial charge in [-0.3, -0.25) is 14.4 Å². The fourth-order valence-corrected chi connectivity index (χ4v) is 4.34. The molecule has 0 unspecified atom stereocenters. The van der Waals surface area contributed by atoms with Crippen LogP contribution in [-0.2, 0) is 14.8 Å². The second-order valence-corrected chi connectivity index (χ2v) is 8.14. The molecule has 3 N–H and O–H groups in total. The molecule has 0 aromatic heterocycles. The van der Waals surface area contributed by atoms with E-state index in [0.29, 0.717) is 0 Å². The first-order valence-corrected chi connectivity index (χ1v) is 9.94. The molecule has 0 radical (unpaired) electrons. The number of nitrogens with one attached hydrogen (secondary N) is 2. The fraction of sp³-hybridized carbons (Fsp3) is 0.222. The van der Waals surface area contributed by atoms with E-state index in [4.69, 9.17) is 9.84 Å². The van der Waals surface area contributed by atoms with Gasteiger partial charge in [0, 0.05) is 12.6 Å². The van der Waals surface area contributed by atoms with E-state index in [-0.39, 0.29) is 41.0 Å². The van der Waals surface area contributed by atoms with Crippen molar-refractivity contribution in [1.29, 1.82) is 0 Å². The second-order valence-electron chi connectivity index (χ2n) is 6.28. The molecule has 3 rings (SSSR count). The van der Waals surface area contributed by atoms with Crippen LogP contribution in [0.2, 0.25) is 0 Å². The molecule has 154 valence electrons. The summed E-state index contributed by atoms with van der Waals surface area (Å²) < 4.78 is 46.5. The van der Waals surface area contributed by atoms with Gasteiger partial charge in [0.05, 0.1) is 23.7 Å². The maximum atomic E-state index is 13.2. The van der Waals surface area contributed by atoms with Crippen molar-refractivity contribution in [3.63, 3.8) is 0 Å². The molecule has 2 aromatic rings. The van der Waals surface area contributed by atoms with Crippen LogP contribution in [0.4, 0.5) is 20.6 Å². The highest BCUT2D eigenvalue weighted by atomic mass is 32.2. The molecule has 0 spiro atoms. The number of benzene rings is 2. The molecule has 0 aliphatic carbocycles. The Kier molecular flexibility index (Phi) is 5.59.